The Labute approximate surface area is 189 Å². The van der Waals surface area contributed by atoms with Gasteiger partial charge in [-0.1, -0.05) is 50.2 Å². The fourth-order valence-electron chi connectivity index (χ4n) is 2.73. The molecule has 5 nitrogen and oxygen atoms in total. The van der Waals surface area contributed by atoms with Gasteiger partial charge < -0.3 is 15.5 Å². The lowest BCUT2D eigenvalue weighted by Gasteiger charge is -2.25. The van der Waals surface area contributed by atoms with Crippen molar-refractivity contribution < 1.29 is 4.79 Å². The van der Waals surface area contributed by atoms with Crippen LogP contribution >= 0.6 is 35.3 Å². The minimum atomic E-state index is -0.00143. The van der Waals surface area contributed by atoms with Gasteiger partial charge in [0.1, 0.15) is 0 Å². The van der Waals surface area contributed by atoms with Crippen LogP contribution in [0.3, 0.4) is 0 Å². The Morgan fingerprint density at radius 3 is 2.43 bits per heavy atom. The molecule has 0 fully saturated rings. The van der Waals surface area contributed by atoms with Crippen LogP contribution in [0.2, 0.25) is 0 Å². The molecule has 154 valence electrons. The van der Waals surface area contributed by atoms with Crippen molar-refractivity contribution in [3.8, 4) is 0 Å². The van der Waals surface area contributed by atoms with Crippen LogP contribution in [-0.4, -0.2) is 43.4 Å². The Bertz CT molecular complexity index is 732. The van der Waals surface area contributed by atoms with E-state index in [1.165, 1.54) is 4.88 Å². The number of thiophene rings is 1. The quantitative estimate of drug-likeness (QED) is 0.320. The number of aliphatic imine (C=N–C) groups is 1. The lowest BCUT2D eigenvalue weighted by atomic mass is 9.91. The Balaban J connectivity index is 0.00000392. The molecule has 0 unspecified atom stereocenters. The summed E-state index contributed by atoms with van der Waals surface area (Å²) in [6.07, 6.45) is 0. The first-order valence-electron chi connectivity index (χ1n) is 9.26. The average molecular weight is 514 g/mol. The third kappa shape index (κ3) is 7.43. The van der Waals surface area contributed by atoms with E-state index in [0.717, 1.165) is 12.1 Å². The SMILES string of the molecule is CCN(Cc1ccccc1)C(=O)CNC(=NC)NCC(C)(C)c1cccs1.I. The first kappa shape index (κ1) is 24.4. The number of amides is 1. The normalized spacial score (nSPS) is 11.5. The molecule has 28 heavy (non-hydrogen) atoms. The molecule has 0 spiro atoms. The number of rotatable bonds is 8. The number of hydrogen-bond donors (Lipinski definition) is 2. The summed E-state index contributed by atoms with van der Waals surface area (Å²) in [5.41, 5.74) is 1.13. The minimum Gasteiger partial charge on any atom is -0.356 e. The van der Waals surface area contributed by atoms with Crippen molar-refractivity contribution in [3.63, 3.8) is 0 Å². The summed E-state index contributed by atoms with van der Waals surface area (Å²) in [4.78, 5) is 20.0. The highest BCUT2D eigenvalue weighted by molar-refractivity contribution is 14.0. The Morgan fingerprint density at radius 2 is 1.86 bits per heavy atom. The lowest BCUT2D eigenvalue weighted by molar-refractivity contribution is -0.130. The molecule has 0 atom stereocenters. The molecule has 2 rings (SSSR count). The molecule has 2 N–H and O–H groups in total. The second kappa shape index (κ2) is 12.1. The molecule has 0 saturated heterocycles. The molecule has 7 heteroatoms. The standard InChI is InChI=1S/C21H30N4OS.HI/c1-5-25(15-17-10-7-6-8-11-17)19(26)14-23-20(22-4)24-16-21(2,3)18-12-9-13-27-18;/h6-13H,5,14-16H2,1-4H3,(H2,22,23,24);1H. The van der Waals surface area contributed by atoms with E-state index >= 15 is 0 Å². The van der Waals surface area contributed by atoms with E-state index in [0.29, 0.717) is 19.0 Å². The van der Waals surface area contributed by atoms with Gasteiger partial charge in [0.2, 0.25) is 5.91 Å². The molecule has 1 amide bonds. The second-order valence-corrected chi connectivity index (χ2v) is 7.98. The van der Waals surface area contributed by atoms with Crippen LogP contribution in [0.25, 0.3) is 0 Å². The second-order valence-electron chi connectivity index (χ2n) is 7.03. The predicted octanol–water partition coefficient (Wildman–Crippen LogP) is 3.86. The van der Waals surface area contributed by atoms with Gasteiger partial charge in [-0.25, -0.2) is 0 Å². The maximum atomic E-state index is 12.6. The first-order chi connectivity index (χ1) is 13.0. The molecule has 0 bridgehead atoms. The zero-order valence-electron chi connectivity index (χ0n) is 17.1. The fraction of sp³-hybridized carbons (Fsp3) is 0.429. The minimum absolute atomic E-state index is 0. The monoisotopic (exact) mass is 514 g/mol. The zero-order valence-corrected chi connectivity index (χ0v) is 20.2. The number of carbonyl (C=O) groups is 1. The maximum absolute atomic E-state index is 12.6. The van der Waals surface area contributed by atoms with E-state index in [9.17, 15) is 4.79 Å². The van der Waals surface area contributed by atoms with Crippen molar-refractivity contribution in [1.82, 2.24) is 15.5 Å². The van der Waals surface area contributed by atoms with Gasteiger partial charge in [-0.2, -0.15) is 0 Å². The molecule has 1 aromatic carbocycles. The van der Waals surface area contributed by atoms with Crippen molar-refractivity contribution in [1.29, 1.82) is 0 Å². The van der Waals surface area contributed by atoms with Crippen LogP contribution in [0.5, 0.6) is 0 Å². The number of nitrogens with one attached hydrogen (secondary N) is 2. The van der Waals surface area contributed by atoms with Gasteiger partial charge in [0.05, 0.1) is 6.54 Å². The third-order valence-electron chi connectivity index (χ3n) is 4.47. The zero-order chi connectivity index (χ0) is 19.7. The van der Waals surface area contributed by atoms with Crippen molar-refractivity contribution in [2.45, 2.75) is 32.7 Å². The molecule has 0 aliphatic carbocycles. The molecule has 0 aliphatic rings. The lowest BCUT2D eigenvalue weighted by Crippen LogP contribution is -2.47. The van der Waals surface area contributed by atoms with Gasteiger partial charge in [0, 0.05) is 37.0 Å². The number of guanidine groups is 1. The first-order valence-corrected chi connectivity index (χ1v) is 10.1. The molecule has 0 saturated carbocycles. The van der Waals surface area contributed by atoms with Gasteiger partial charge in [-0.05, 0) is 23.9 Å². The largest absolute Gasteiger partial charge is 0.356 e. The van der Waals surface area contributed by atoms with Gasteiger partial charge in [0.15, 0.2) is 5.96 Å². The topological polar surface area (TPSA) is 56.7 Å². The van der Waals surface area contributed by atoms with Gasteiger partial charge in [-0.3, -0.25) is 9.79 Å². The number of hydrogen-bond acceptors (Lipinski definition) is 3. The molecular weight excluding hydrogens is 483 g/mol. The summed E-state index contributed by atoms with van der Waals surface area (Å²) in [6, 6.07) is 14.3. The summed E-state index contributed by atoms with van der Waals surface area (Å²) in [5.74, 6) is 0.700. The van der Waals surface area contributed by atoms with E-state index in [1.54, 1.807) is 18.4 Å². The third-order valence-corrected chi connectivity index (χ3v) is 5.70. The van der Waals surface area contributed by atoms with Crippen LogP contribution in [0.15, 0.2) is 52.8 Å². The molecule has 0 radical (unpaired) electrons. The molecule has 0 aliphatic heterocycles. The van der Waals surface area contributed by atoms with E-state index in [4.69, 9.17) is 0 Å². The summed E-state index contributed by atoms with van der Waals surface area (Å²) >= 11 is 1.75. The highest BCUT2D eigenvalue weighted by Gasteiger charge is 2.22. The number of nitrogens with zero attached hydrogens (tertiary/aromatic N) is 2. The van der Waals surface area contributed by atoms with Gasteiger partial charge in [0.25, 0.3) is 0 Å². The predicted molar refractivity (Wildman–Crippen MR) is 130 cm³/mol. The van der Waals surface area contributed by atoms with Crippen molar-refractivity contribution >= 4 is 47.2 Å². The van der Waals surface area contributed by atoms with Crippen molar-refractivity contribution in [2.24, 2.45) is 4.99 Å². The smallest absolute Gasteiger partial charge is 0.242 e. The highest BCUT2D eigenvalue weighted by Crippen LogP contribution is 2.26. The van der Waals surface area contributed by atoms with Crippen LogP contribution in [0.4, 0.5) is 0 Å². The number of benzene rings is 1. The van der Waals surface area contributed by atoms with E-state index in [-0.39, 0.29) is 41.8 Å². The summed E-state index contributed by atoms with van der Waals surface area (Å²) in [7, 11) is 1.72. The average Bonchev–Trinajstić information content (AvgIpc) is 3.22. The summed E-state index contributed by atoms with van der Waals surface area (Å²) < 4.78 is 0. The number of likely N-dealkylation sites (N-methyl/N-ethyl adjacent to an activating group) is 1. The van der Waals surface area contributed by atoms with Crippen molar-refractivity contribution in [2.75, 3.05) is 26.7 Å². The fourth-order valence-corrected chi connectivity index (χ4v) is 3.58. The summed E-state index contributed by atoms with van der Waals surface area (Å²) in [5, 5.41) is 8.57. The van der Waals surface area contributed by atoms with Crippen LogP contribution in [0.1, 0.15) is 31.2 Å². The van der Waals surface area contributed by atoms with E-state index in [2.05, 4.69) is 47.0 Å². The van der Waals surface area contributed by atoms with E-state index < -0.39 is 0 Å². The van der Waals surface area contributed by atoms with Gasteiger partial charge in [-0.15, -0.1) is 35.3 Å². The van der Waals surface area contributed by atoms with Crippen LogP contribution < -0.4 is 10.6 Å². The van der Waals surface area contributed by atoms with Gasteiger partial charge >= 0.3 is 0 Å². The number of halogens is 1. The molecule has 1 aromatic heterocycles. The highest BCUT2D eigenvalue weighted by atomic mass is 127. The molecular formula is C21H31IN4OS. The molecule has 1 heterocycles. The Kier molecular flexibility index (Phi) is 10.5. The number of carbonyl (C=O) groups excluding carboxylic acids is 1. The van der Waals surface area contributed by atoms with E-state index in [1.807, 2.05) is 42.2 Å². The summed E-state index contributed by atoms with van der Waals surface area (Å²) in [6.45, 7) is 8.65. The van der Waals surface area contributed by atoms with Crippen LogP contribution in [0, 0.1) is 0 Å². The van der Waals surface area contributed by atoms with Crippen molar-refractivity contribution in [3.05, 3.63) is 58.3 Å². The Hall–Kier alpha value is -1.61. The maximum Gasteiger partial charge on any atom is 0.242 e. The Morgan fingerprint density at radius 1 is 1.14 bits per heavy atom. The van der Waals surface area contributed by atoms with Crippen LogP contribution in [-0.2, 0) is 16.8 Å². The molecule has 2 aromatic rings.